The van der Waals surface area contributed by atoms with Gasteiger partial charge in [0.25, 0.3) is 0 Å². The van der Waals surface area contributed by atoms with E-state index < -0.39 is 0 Å². The third-order valence-electron chi connectivity index (χ3n) is 3.62. The summed E-state index contributed by atoms with van der Waals surface area (Å²) in [5, 5.41) is 13.7. The lowest BCUT2D eigenvalue weighted by Gasteiger charge is -2.35. The number of rotatable bonds is 4. The molecule has 0 unspecified atom stereocenters. The average Bonchev–Trinajstić information content (AvgIpc) is 2.50. The Morgan fingerprint density at radius 3 is 2.71 bits per heavy atom. The summed E-state index contributed by atoms with van der Waals surface area (Å²) in [7, 11) is 4.02. The van der Waals surface area contributed by atoms with Crippen LogP contribution in [0.4, 0.5) is 5.82 Å². The van der Waals surface area contributed by atoms with Crippen molar-refractivity contribution in [2.45, 2.75) is 32.4 Å². The minimum Gasteiger partial charge on any atom is -0.393 e. The summed E-state index contributed by atoms with van der Waals surface area (Å²) >= 11 is 0. The molecule has 1 aromatic heterocycles. The Kier molecular flexibility index (Phi) is 3.40. The monoisotopic (exact) mass is 238 g/mol. The summed E-state index contributed by atoms with van der Waals surface area (Å²) in [5.41, 5.74) is 7.91. The van der Waals surface area contributed by atoms with Crippen LogP contribution >= 0.6 is 0 Å². The molecule has 0 spiro atoms. The maximum atomic E-state index is 9.31. The third kappa shape index (κ3) is 2.30. The zero-order valence-electron chi connectivity index (χ0n) is 10.8. The van der Waals surface area contributed by atoms with E-state index in [1.54, 1.807) is 0 Å². The van der Waals surface area contributed by atoms with Gasteiger partial charge >= 0.3 is 0 Å². The maximum Gasteiger partial charge on any atom is 0.131 e. The van der Waals surface area contributed by atoms with Crippen LogP contribution in [0.1, 0.15) is 24.1 Å². The largest absolute Gasteiger partial charge is 0.393 e. The molecule has 0 atom stereocenters. The van der Waals surface area contributed by atoms with E-state index in [-0.39, 0.29) is 6.10 Å². The molecular formula is C12H22N4O. The molecule has 0 saturated heterocycles. The van der Waals surface area contributed by atoms with Crippen molar-refractivity contribution in [3.05, 3.63) is 11.3 Å². The molecule has 1 aliphatic carbocycles. The van der Waals surface area contributed by atoms with Crippen molar-refractivity contribution in [1.29, 1.82) is 0 Å². The molecule has 3 N–H and O–H groups in total. The van der Waals surface area contributed by atoms with Crippen LogP contribution in [0.3, 0.4) is 0 Å². The smallest absolute Gasteiger partial charge is 0.131 e. The van der Waals surface area contributed by atoms with Crippen LogP contribution in [0.5, 0.6) is 0 Å². The second-order valence-corrected chi connectivity index (χ2v) is 5.09. The second kappa shape index (κ2) is 4.66. The molecule has 0 radical (unpaired) electrons. The Morgan fingerprint density at radius 2 is 2.18 bits per heavy atom. The van der Waals surface area contributed by atoms with Gasteiger partial charge in [-0.25, -0.2) is 0 Å². The summed E-state index contributed by atoms with van der Waals surface area (Å²) < 4.78 is 1.90. The Morgan fingerprint density at radius 1 is 1.53 bits per heavy atom. The van der Waals surface area contributed by atoms with Crippen molar-refractivity contribution in [3.8, 4) is 0 Å². The molecule has 96 valence electrons. The number of aromatic nitrogens is 2. The summed E-state index contributed by atoms with van der Waals surface area (Å²) in [6.45, 7) is 3.47. The molecule has 5 heteroatoms. The minimum absolute atomic E-state index is 0.0874. The number of hydrogen-bond donors (Lipinski definition) is 2. The SMILES string of the molecule is Cc1nn(C)c(N(C)CC2CC(O)C2)c1CN. The second-order valence-electron chi connectivity index (χ2n) is 5.09. The standard InChI is InChI=1S/C12H22N4O/c1-8-11(6-13)12(16(3)14-8)15(2)7-9-4-10(17)5-9/h9-10,17H,4-7,13H2,1-3H3. The molecule has 0 bridgehead atoms. The Hall–Kier alpha value is -1.07. The summed E-state index contributed by atoms with van der Waals surface area (Å²) in [5.74, 6) is 1.70. The van der Waals surface area contributed by atoms with Gasteiger partial charge in [-0.15, -0.1) is 0 Å². The highest BCUT2D eigenvalue weighted by Crippen LogP contribution is 2.30. The number of aliphatic hydroxyl groups is 1. The Balaban J connectivity index is 2.10. The van der Waals surface area contributed by atoms with E-state index in [2.05, 4.69) is 17.0 Å². The number of nitrogens with two attached hydrogens (primary N) is 1. The van der Waals surface area contributed by atoms with Crippen LogP contribution in [-0.4, -0.2) is 34.6 Å². The molecule has 5 nitrogen and oxygen atoms in total. The zero-order valence-corrected chi connectivity index (χ0v) is 10.8. The van der Waals surface area contributed by atoms with Crippen LogP contribution in [0.15, 0.2) is 0 Å². The first kappa shape index (κ1) is 12.4. The lowest BCUT2D eigenvalue weighted by Crippen LogP contribution is -2.38. The highest BCUT2D eigenvalue weighted by Gasteiger charge is 2.29. The van der Waals surface area contributed by atoms with Crippen molar-refractivity contribution < 1.29 is 5.11 Å². The van der Waals surface area contributed by atoms with Crippen LogP contribution in [-0.2, 0) is 13.6 Å². The third-order valence-corrected chi connectivity index (χ3v) is 3.62. The normalized spacial score (nSPS) is 23.6. The van der Waals surface area contributed by atoms with Crippen LogP contribution < -0.4 is 10.6 Å². The first-order valence-electron chi connectivity index (χ1n) is 6.14. The van der Waals surface area contributed by atoms with Gasteiger partial charge in [-0.1, -0.05) is 0 Å². The fourth-order valence-electron chi connectivity index (χ4n) is 2.73. The average molecular weight is 238 g/mol. The van der Waals surface area contributed by atoms with Crippen molar-refractivity contribution in [3.63, 3.8) is 0 Å². The van der Waals surface area contributed by atoms with E-state index in [9.17, 15) is 5.11 Å². The number of anilines is 1. The molecule has 1 aliphatic rings. The molecule has 1 aromatic rings. The van der Waals surface area contributed by atoms with E-state index in [4.69, 9.17) is 5.73 Å². The van der Waals surface area contributed by atoms with Gasteiger partial charge in [0, 0.05) is 32.7 Å². The zero-order chi connectivity index (χ0) is 12.6. The maximum absolute atomic E-state index is 9.31. The minimum atomic E-state index is -0.0874. The molecule has 0 aliphatic heterocycles. The molecule has 1 fully saturated rings. The Bertz CT molecular complexity index is 395. The van der Waals surface area contributed by atoms with E-state index in [0.29, 0.717) is 12.5 Å². The van der Waals surface area contributed by atoms with Gasteiger partial charge < -0.3 is 15.7 Å². The van der Waals surface area contributed by atoms with Gasteiger partial charge in [0.1, 0.15) is 5.82 Å². The van der Waals surface area contributed by atoms with E-state index in [0.717, 1.165) is 36.5 Å². The lowest BCUT2D eigenvalue weighted by molar-refractivity contribution is 0.0463. The lowest BCUT2D eigenvalue weighted by atomic mass is 9.82. The predicted molar refractivity (Wildman–Crippen MR) is 67.8 cm³/mol. The van der Waals surface area contributed by atoms with Gasteiger partial charge in [-0.3, -0.25) is 4.68 Å². The van der Waals surface area contributed by atoms with E-state index >= 15 is 0 Å². The van der Waals surface area contributed by atoms with Crippen LogP contribution in [0, 0.1) is 12.8 Å². The molecule has 1 heterocycles. The van der Waals surface area contributed by atoms with E-state index in [1.807, 2.05) is 18.7 Å². The van der Waals surface area contributed by atoms with Crippen molar-refractivity contribution in [2.75, 3.05) is 18.5 Å². The van der Waals surface area contributed by atoms with Gasteiger partial charge in [-0.05, 0) is 25.7 Å². The fourth-order valence-corrected chi connectivity index (χ4v) is 2.73. The number of aliphatic hydroxyl groups excluding tert-OH is 1. The molecule has 17 heavy (non-hydrogen) atoms. The topological polar surface area (TPSA) is 67.3 Å². The first-order valence-corrected chi connectivity index (χ1v) is 6.14. The Labute approximate surface area is 102 Å². The molecule has 2 rings (SSSR count). The summed E-state index contributed by atoms with van der Waals surface area (Å²) in [4.78, 5) is 2.21. The molecule has 1 saturated carbocycles. The van der Waals surface area contributed by atoms with Crippen LogP contribution in [0.25, 0.3) is 0 Å². The van der Waals surface area contributed by atoms with Crippen LogP contribution in [0.2, 0.25) is 0 Å². The number of nitrogens with zero attached hydrogens (tertiary/aromatic N) is 3. The van der Waals surface area contributed by atoms with Gasteiger partial charge in [0.15, 0.2) is 0 Å². The number of hydrogen-bond acceptors (Lipinski definition) is 4. The van der Waals surface area contributed by atoms with Crippen molar-refractivity contribution >= 4 is 5.82 Å². The fraction of sp³-hybridized carbons (Fsp3) is 0.750. The first-order chi connectivity index (χ1) is 8.02. The molecule has 0 amide bonds. The van der Waals surface area contributed by atoms with Crippen molar-refractivity contribution in [2.24, 2.45) is 18.7 Å². The predicted octanol–water partition coefficient (Wildman–Crippen LogP) is 0.394. The molecular weight excluding hydrogens is 216 g/mol. The highest BCUT2D eigenvalue weighted by molar-refractivity contribution is 5.49. The summed E-state index contributed by atoms with van der Waals surface area (Å²) in [6.07, 6.45) is 1.74. The van der Waals surface area contributed by atoms with Gasteiger partial charge in [-0.2, -0.15) is 5.10 Å². The number of aryl methyl sites for hydroxylation is 2. The van der Waals surface area contributed by atoms with Gasteiger partial charge in [0.2, 0.25) is 0 Å². The highest BCUT2D eigenvalue weighted by atomic mass is 16.3. The van der Waals surface area contributed by atoms with Gasteiger partial charge in [0.05, 0.1) is 11.8 Å². The molecule has 0 aromatic carbocycles. The summed E-state index contributed by atoms with van der Waals surface area (Å²) in [6, 6.07) is 0. The van der Waals surface area contributed by atoms with Crippen molar-refractivity contribution in [1.82, 2.24) is 9.78 Å². The van der Waals surface area contributed by atoms with E-state index in [1.165, 1.54) is 0 Å². The quantitative estimate of drug-likeness (QED) is 0.796.